The number of carbonyl (C=O) groups is 1. The van der Waals surface area contributed by atoms with Gasteiger partial charge >= 0.3 is 0 Å². The predicted molar refractivity (Wildman–Crippen MR) is 87.3 cm³/mol. The van der Waals surface area contributed by atoms with Crippen molar-refractivity contribution < 1.29 is 19.0 Å². The molecule has 1 aliphatic rings. The summed E-state index contributed by atoms with van der Waals surface area (Å²) in [6.45, 7) is 1.38. The van der Waals surface area contributed by atoms with Gasteiger partial charge in [0, 0.05) is 25.6 Å². The van der Waals surface area contributed by atoms with E-state index in [4.69, 9.17) is 4.74 Å². The van der Waals surface area contributed by atoms with Crippen LogP contribution in [0.3, 0.4) is 0 Å². The molecule has 1 saturated heterocycles. The van der Waals surface area contributed by atoms with Crippen molar-refractivity contribution in [1.82, 2.24) is 19.7 Å². The molecular formula is C17H21FN4O3. The fourth-order valence-corrected chi connectivity index (χ4v) is 2.86. The predicted octanol–water partition coefficient (Wildman–Crippen LogP) is 1.24. The number of β-amino-alcohol motifs (C(OH)–C–C–N with tert-alkyl or cyclic N) is 1. The SMILES string of the molecule is O=C(CCCn1cncn1)N1CC[C@@](O)(COc2cccc(F)c2)C1. The van der Waals surface area contributed by atoms with E-state index >= 15 is 0 Å². The van der Waals surface area contributed by atoms with Crippen LogP contribution in [0.2, 0.25) is 0 Å². The number of carbonyl (C=O) groups excluding carboxylic acids is 1. The van der Waals surface area contributed by atoms with Gasteiger partial charge in [0.25, 0.3) is 0 Å². The van der Waals surface area contributed by atoms with E-state index in [2.05, 4.69) is 10.1 Å². The molecule has 1 N–H and O–H groups in total. The number of hydrogen-bond acceptors (Lipinski definition) is 5. The first-order valence-corrected chi connectivity index (χ1v) is 8.25. The van der Waals surface area contributed by atoms with Crippen molar-refractivity contribution in [2.24, 2.45) is 0 Å². The standard InChI is InChI=1S/C17H21FN4O3/c18-14-3-1-4-15(9-14)25-11-17(24)6-8-21(10-17)16(23)5-2-7-22-13-19-12-20-22/h1,3-4,9,12-13,24H,2,5-8,10-11H2/t17-/m0/s1. The Morgan fingerprint density at radius 1 is 1.44 bits per heavy atom. The number of likely N-dealkylation sites (tertiary alicyclic amines) is 1. The minimum atomic E-state index is -1.10. The summed E-state index contributed by atoms with van der Waals surface area (Å²) in [6, 6.07) is 5.78. The molecule has 0 unspecified atom stereocenters. The summed E-state index contributed by atoms with van der Waals surface area (Å²) in [4.78, 5) is 17.8. The molecule has 1 aromatic carbocycles. The molecule has 2 heterocycles. The molecule has 7 nitrogen and oxygen atoms in total. The highest BCUT2D eigenvalue weighted by atomic mass is 19.1. The zero-order valence-corrected chi connectivity index (χ0v) is 13.8. The van der Waals surface area contributed by atoms with Crippen LogP contribution in [0.1, 0.15) is 19.3 Å². The van der Waals surface area contributed by atoms with Gasteiger partial charge in [-0.1, -0.05) is 6.07 Å². The van der Waals surface area contributed by atoms with E-state index in [0.717, 1.165) is 0 Å². The normalized spacial score (nSPS) is 20.0. The van der Waals surface area contributed by atoms with Crippen LogP contribution in [0.15, 0.2) is 36.9 Å². The molecule has 1 aliphatic heterocycles. The number of aliphatic hydroxyl groups is 1. The molecule has 0 bridgehead atoms. The average Bonchev–Trinajstić information content (AvgIpc) is 3.23. The maximum atomic E-state index is 13.1. The van der Waals surface area contributed by atoms with Crippen LogP contribution in [0.5, 0.6) is 5.75 Å². The van der Waals surface area contributed by atoms with E-state index in [1.165, 1.54) is 18.5 Å². The van der Waals surface area contributed by atoms with E-state index in [1.54, 1.807) is 28.0 Å². The minimum absolute atomic E-state index is 0.00166. The lowest BCUT2D eigenvalue weighted by Gasteiger charge is -2.23. The largest absolute Gasteiger partial charge is 0.490 e. The van der Waals surface area contributed by atoms with Crippen molar-refractivity contribution in [1.29, 1.82) is 0 Å². The second kappa shape index (κ2) is 7.60. The highest BCUT2D eigenvalue weighted by Crippen LogP contribution is 2.24. The van der Waals surface area contributed by atoms with Gasteiger partial charge < -0.3 is 14.7 Å². The lowest BCUT2D eigenvalue weighted by Crippen LogP contribution is -2.40. The van der Waals surface area contributed by atoms with Gasteiger partial charge in [-0.3, -0.25) is 9.48 Å². The molecule has 1 aromatic heterocycles. The Labute approximate surface area is 145 Å². The number of amides is 1. The number of aryl methyl sites for hydroxylation is 1. The van der Waals surface area contributed by atoms with Crippen LogP contribution in [0.25, 0.3) is 0 Å². The number of halogens is 1. The summed E-state index contributed by atoms with van der Waals surface area (Å²) in [5.74, 6) is -0.0204. The molecule has 0 saturated carbocycles. The fraction of sp³-hybridized carbons (Fsp3) is 0.471. The summed E-state index contributed by atoms with van der Waals surface area (Å²) in [5, 5.41) is 14.6. The Hall–Kier alpha value is -2.48. The molecule has 1 atom stereocenters. The van der Waals surface area contributed by atoms with E-state index in [0.29, 0.717) is 38.1 Å². The highest BCUT2D eigenvalue weighted by Gasteiger charge is 2.38. The molecule has 3 rings (SSSR count). The molecule has 0 spiro atoms. The average molecular weight is 348 g/mol. The van der Waals surface area contributed by atoms with Crippen LogP contribution < -0.4 is 4.74 Å². The Kier molecular flexibility index (Phi) is 5.28. The first-order valence-electron chi connectivity index (χ1n) is 8.25. The summed E-state index contributed by atoms with van der Waals surface area (Å²) in [6.07, 6.45) is 4.57. The third kappa shape index (κ3) is 4.76. The summed E-state index contributed by atoms with van der Waals surface area (Å²) < 4.78 is 20.3. The van der Waals surface area contributed by atoms with Gasteiger partial charge in [-0.2, -0.15) is 5.10 Å². The summed E-state index contributed by atoms with van der Waals surface area (Å²) in [7, 11) is 0. The van der Waals surface area contributed by atoms with Gasteiger partial charge in [-0.05, 0) is 25.0 Å². The maximum Gasteiger partial charge on any atom is 0.222 e. The lowest BCUT2D eigenvalue weighted by atomic mass is 10.1. The second-order valence-electron chi connectivity index (χ2n) is 6.30. The van der Waals surface area contributed by atoms with Gasteiger partial charge in [0.2, 0.25) is 5.91 Å². The zero-order valence-electron chi connectivity index (χ0n) is 13.8. The van der Waals surface area contributed by atoms with Gasteiger partial charge in [0.1, 0.15) is 36.4 Å². The van der Waals surface area contributed by atoms with Gasteiger partial charge in [0.15, 0.2) is 0 Å². The van der Waals surface area contributed by atoms with Crippen LogP contribution >= 0.6 is 0 Å². The Bertz CT molecular complexity index is 710. The van der Waals surface area contributed by atoms with Gasteiger partial charge in [-0.15, -0.1) is 0 Å². The van der Waals surface area contributed by atoms with Gasteiger partial charge in [0.05, 0.1) is 6.54 Å². The van der Waals surface area contributed by atoms with Crippen molar-refractivity contribution in [3.05, 3.63) is 42.7 Å². The fourth-order valence-electron chi connectivity index (χ4n) is 2.86. The molecule has 1 fully saturated rings. The first kappa shape index (κ1) is 17.3. The third-order valence-corrected chi connectivity index (χ3v) is 4.23. The van der Waals surface area contributed by atoms with Crippen LogP contribution in [-0.2, 0) is 11.3 Å². The van der Waals surface area contributed by atoms with Crippen molar-refractivity contribution in [3.8, 4) is 5.75 Å². The smallest absolute Gasteiger partial charge is 0.222 e. The molecule has 134 valence electrons. The summed E-state index contributed by atoms with van der Waals surface area (Å²) in [5.41, 5.74) is -1.10. The van der Waals surface area contributed by atoms with Crippen molar-refractivity contribution in [3.63, 3.8) is 0 Å². The molecule has 8 heteroatoms. The lowest BCUT2D eigenvalue weighted by molar-refractivity contribution is -0.131. The third-order valence-electron chi connectivity index (χ3n) is 4.23. The van der Waals surface area contributed by atoms with E-state index in [1.807, 2.05) is 0 Å². The Morgan fingerprint density at radius 3 is 3.08 bits per heavy atom. The zero-order chi connectivity index (χ0) is 17.7. The quantitative estimate of drug-likeness (QED) is 0.814. The molecular weight excluding hydrogens is 327 g/mol. The van der Waals surface area contributed by atoms with Crippen LogP contribution in [0.4, 0.5) is 4.39 Å². The number of aromatic nitrogens is 3. The Morgan fingerprint density at radius 2 is 2.32 bits per heavy atom. The number of hydrogen-bond donors (Lipinski definition) is 1. The highest BCUT2D eigenvalue weighted by molar-refractivity contribution is 5.76. The topological polar surface area (TPSA) is 80.5 Å². The number of nitrogens with zero attached hydrogens (tertiary/aromatic N) is 4. The van der Waals surface area contributed by atoms with Crippen molar-refractivity contribution in [2.75, 3.05) is 19.7 Å². The van der Waals surface area contributed by atoms with E-state index in [-0.39, 0.29) is 24.9 Å². The van der Waals surface area contributed by atoms with E-state index < -0.39 is 5.60 Å². The van der Waals surface area contributed by atoms with Gasteiger partial charge in [-0.25, -0.2) is 9.37 Å². The minimum Gasteiger partial charge on any atom is -0.490 e. The second-order valence-corrected chi connectivity index (χ2v) is 6.30. The van der Waals surface area contributed by atoms with Crippen molar-refractivity contribution in [2.45, 2.75) is 31.4 Å². The van der Waals surface area contributed by atoms with Crippen molar-refractivity contribution >= 4 is 5.91 Å². The maximum absolute atomic E-state index is 13.1. The van der Waals surface area contributed by atoms with Crippen LogP contribution in [-0.4, -0.2) is 56.0 Å². The summed E-state index contributed by atoms with van der Waals surface area (Å²) >= 11 is 0. The number of ether oxygens (including phenoxy) is 1. The molecule has 0 radical (unpaired) electrons. The van der Waals surface area contributed by atoms with Crippen LogP contribution in [0, 0.1) is 5.82 Å². The monoisotopic (exact) mass is 348 g/mol. The molecule has 0 aliphatic carbocycles. The number of benzene rings is 1. The first-order chi connectivity index (χ1) is 12.0. The number of rotatable bonds is 7. The molecule has 1 amide bonds. The molecule has 2 aromatic rings. The van der Waals surface area contributed by atoms with E-state index in [9.17, 15) is 14.3 Å². The Balaban J connectivity index is 1.44. The molecule has 25 heavy (non-hydrogen) atoms.